The summed E-state index contributed by atoms with van der Waals surface area (Å²) in [5, 5.41) is 24.3. The van der Waals surface area contributed by atoms with Crippen LogP contribution in [0.4, 0.5) is 5.69 Å². The predicted octanol–water partition coefficient (Wildman–Crippen LogP) is 2.08. The Morgan fingerprint density at radius 2 is 2.39 bits per heavy atom. The summed E-state index contributed by atoms with van der Waals surface area (Å²) >= 11 is 0. The van der Waals surface area contributed by atoms with Crippen LogP contribution >= 0.6 is 0 Å². The van der Waals surface area contributed by atoms with Crippen molar-refractivity contribution in [2.24, 2.45) is 0 Å². The second kappa shape index (κ2) is 5.46. The van der Waals surface area contributed by atoms with Gasteiger partial charge in [-0.1, -0.05) is 12.1 Å². The Labute approximate surface area is 106 Å². The van der Waals surface area contributed by atoms with Gasteiger partial charge in [-0.3, -0.25) is 10.1 Å². The van der Waals surface area contributed by atoms with Crippen molar-refractivity contribution in [1.82, 2.24) is 5.32 Å². The molecule has 0 saturated carbocycles. The number of rotatable bonds is 4. The highest BCUT2D eigenvalue weighted by Crippen LogP contribution is 2.27. The molecule has 18 heavy (non-hydrogen) atoms. The normalized spacial score (nSPS) is 20.9. The van der Waals surface area contributed by atoms with Crippen molar-refractivity contribution in [2.75, 3.05) is 6.54 Å². The summed E-state index contributed by atoms with van der Waals surface area (Å²) in [6.07, 6.45) is 2.16. The molecule has 1 saturated heterocycles. The van der Waals surface area contributed by atoms with E-state index in [1.165, 1.54) is 6.07 Å². The minimum atomic E-state index is -0.639. The molecule has 0 spiro atoms. The summed E-state index contributed by atoms with van der Waals surface area (Å²) in [6.45, 7) is 2.69. The zero-order valence-corrected chi connectivity index (χ0v) is 10.4. The van der Waals surface area contributed by atoms with E-state index in [9.17, 15) is 15.2 Å². The van der Waals surface area contributed by atoms with Crippen molar-refractivity contribution in [3.8, 4) is 0 Å². The van der Waals surface area contributed by atoms with Crippen LogP contribution < -0.4 is 5.32 Å². The zero-order chi connectivity index (χ0) is 13.1. The van der Waals surface area contributed by atoms with Crippen LogP contribution in [0.1, 0.15) is 36.5 Å². The molecule has 1 aromatic rings. The molecule has 2 unspecified atom stereocenters. The Hall–Kier alpha value is -1.46. The quantitative estimate of drug-likeness (QED) is 0.633. The summed E-state index contributed by atoms with van der Waals surface area (Å²) < 4.78 is 0. The third kappa shape index (κ3) is 2.86. The van der Waals surface area contributed by atoms with Crippen molar-refractivity contribution in [1.29, 1.82) is 0 Å². The molecule has 0 amide bonds. The molecule has 2 atom stereocenters. The molecule has 2 N–H and O–H groups in total. The molecule has 1 aliphatic heterocycles. The molecule has 1 aliphatic rings. The van der Waals surface area contributed by atoms with Crippen LogP contribution in [0.25, 0.3) is 0 Å². The van der Waals surface area contributed by atoms with Gasteiger partial charge in [0.15, 0.2) is 0 Å². The third-order valence-corrected chi connectivity index (χ3v) is 3.48. The molecule has 98 valence electrons. The lowest BCUT2D eigenvalue weighted by Gasteiger charge is -2.16. The van der Waals surface area contributed by atoms with Crippen LogP contribution in [0.3, 0.4) is 0 Å². The lowest BCUT2D eigenvalue weighted by Crippen LogP contribution is -2.23. The Bertz CT molecular complexity index is 442. The highest BCUT2D eigenvalue weighted by molar-refractivity contribution is 5.43. The minimum absolute atomic E-state index is 0.0749. The Morgan fingerprint density at radius 1 is 1.61 bits per heavy atom. The van der Waals surface area contributed by atoms with Crippen LogP contribution in [0.15, 0.2) is 18.2 Å². The summed E-state index contributed by atoms with van der Waals surface area (Å²) in [6, 6.07) is 5.26. The first kappa shape index (κ1) is 13.0. The molecule has 0 aromatic heterocycles. The molecule has 5 nitrogen and oxygen atoms in total. The molecule has 1 aromatic carbocycles. The number of aliphatic hydroxyl groups excluding tert-OH is 1. The molecule has 1 fully saturated rings. The molecular weight excluding hydrogens is 232 g/mol. The highest BCUT2D eigenvalue weighted by atomic mass is 16.6. The monoisotopic (exact) mass is 250 g/mol. The van der Waals surface area contributed by atoms with Crippen molar-refractivity contribution >= 4 is 5.69 Å². The summed E-state index contributed by atoms with van der Waals surface area (Å²) in [5.41, 5.74) is 1.32. The van der Waals surface area contributed by atoms with E-state index >= 15 is 0 Å². The van der Waals surface area contributed by atoms with Crippen LogP contribution in [-0.2, 0) is 0 Å². The van der Waals surface area contributed by atoms with Gasteiger partial charge in [0.1, 0.15) is 0 Å². The molecule has 2 rings (SSSR count). The van der Waals surface area contributed by atoms with E-state index in [4.69, 9.17) is 0 Å². The van der Waals surface area contributed by atoms with E-state index < -0.39 is 11.0 Å². The smallest absolute Gasteiger partial charge is 0.272 e. The second-order valence-corrected chi connectivity index (χ2v) is 4.85. The van der Waals surface area contributed by atoms with E-state index in [1.54, 1.807) is 19.1 Å². The first-order valence-corrected chi connectivity index (χ1v) is 6.24. The van der Waals surface area contributed by atoms with Gasteiger partial charge in [-0.15, -0.1) is 0 Å². The predicted molar refractivity (Wildman–Crippen MR) is 68.4 cm³/mol. The van der Waals surface area contributed by atoms with Gasteiger partial charge in [0.25, 0.3) is 5.69 Å². The largest absolute Gasteiger partial charge is 0.388 e. The first-order valence-electron chi connectivity index (χ1n) is 6.24. The average Bonchev–Trinajstić information content (AvgIpc) is 2.81. The molecular formula is C13H18N2O3. The van der Waals surface area contributed by atoms with E-state index in [0.29, 0.717) is 23.6 Å². The maximum absolute atomic E-state index is 10.9. The SMILES string of the molecule is Cc1ccc(C(O)CC2CCCN2)cc1[N+](=O)[O-]. The van der Waals surface area contributed by atoms with Crippen molar-refractivity contribution in [3.05, 3.63) is 39.4 Å². The van der Waals surface area contributed by atoms with Crippen LogP contribution in [0.2, 0.25) is 0 Å². The standard InChI is InChI=1S/C13H18N2O3/c1-9-4-5-10(7-12(9)15(17)18)13(16)8-11-3-2-6-14-11/h4-5,7,11,13-14,16H,2-3,6,8H2,1H3. The summed E-state index contributed by atoms with van der Waals surface area (Å²) in [5.74, 6) is 0. The Morgan fingerprint density at radius 3 is 3.00 bits per heavy atom. The minimum Gasteiger partial charge on any atom is -0.388 e. The number of nitro benzene ring substituents is 1. The van der Waals surface area contributed by atoms with E-state index in [2.05, 4.69) is 5.32 Å². The topological polar surface area (TPSA) is 75.4 Å². The molecule has 0 aliphatic carbocycles. The summed E-state index contributed by atoms with van der Waals surface area (Å²) in [4.78, 5) is 10.4. The maximum Gasteiger partial charge on any atom is 0.272 e. The van der Waals surface area contributed by atoms with E-state index in [-0.39, 0.29) is 5.69 Å². The number of nitrogens with zero attached hydrogens (tertiary/aromatic N) is 1. The lowest BCUT2D eigenvalue weighted by molar-refractivity contribution is -0.385. The first-order chi connectivity index (χ1) is 8.58. The molecule has 5 heteroatoms. The van der Waals surface area contributed by atoms with Gasteiger partial charge in [-0.2, -0.15) is 0 Å². The van der Waals surface area contributed by atoms with Gasteiger partial charge in [0, 0.05) is 17.7 Å². The number of hydrogen-bond acceptors (Lipinski definition) is 4. The fourth-order valence-electron chi connectivity index (χ4n) is 2.39. The fourth-order valence-corrected chi connectivity index (χ4v) is 2.39. The maximum atomic E-state index is 10.9. The van der Waals surface area contributed by atoms with Crippen molar-refractivity contribution < 1.29 is 10.0 Å². The fraction of sp³-hybridized carbons (Fsp3) is 0.538. The van der Waals surface area contributed by atoms with Crippen molar-refractivity contribution in [2.45, 2.75) is 38.3 Å². The summed E-state index contributed by atoms with van der Waals surface area (Å²) in [7, 11) is 0. The van der Waals surface area contributed by atoms with Gasteiger partial charge in [-0.05, 0) is 38.3 Å². The van der Waals surface area contributed by atoms with Gasteiger partial charge in [-0.25, -0.2) is 0 Å². The number of benzene rings is 1. The van der Waals surface area contributed by atoms with Crippen LogP contribution in [0, 0.1) is 17.0 Å². The average molecular weight is 250 g/mol. The van der Waals surface area contributed by atoms with Crippen molar-refractivity contribution in [3.63, 3.8) is 0 Å². The molecule has 0 bridgehead atoms. The number of nitro groups is 1. The Kier molecular flexibility index (Phi) is 3.93. The highest BCUT2D eigenvalue weighted by Gasteiger charge is 2.21. The van der Waals surface area contributed by atoms with E-state index in [0.717, 1.165) is 19.4 Å². The molecule has 1 heterocycles. The van der Waals surface area contributed by atoms with Gasteiger partial charge in [0.2, 0.25) is 0 Å². The van der Waals surface area contributed by atoms with Gasteiger partial charge >= 0.3 is 0 Å². The Balaban J connectivity index is 2.11. The number of aryl methyl sites for hydroxylation is 1. The zero-order valence-electron chi connectivity index (χ0n) is 10.4. The van der Waals surface area contributed by atoms with Crippen LogP contribution in [-0.4, -0.2) is 22.6 Å². The van der Waals surface area contributed by atoms with E-state index in [1.807, 2.05) is 0 Å². The number of nitrogens with one attached hydrogen (secondary N) is 1. The van der Waals surface area contributed by atoms with Gasteiger partial charge < -0.3 is 10.4 Å². The lowest BCUT2D eigenvalue weighted by atomic mass is 9.99. The number of aliphatic hydroxyl groups is 1. The molecule has 0 radical (unpaired) electrons. The van der Waals surface area contributed by atoms with Crippen LogP contribution in [0.5, 0.6) is 0 Å². The van der Waals surface area contributed by atoms with Gasteiger partial charge in [0.05, 0.1) is 11.0 Å². The third-order valence-electron chi connectivity index (χ3n) is 3.48. The number of hydrogen-bond donors (Lipinski definition) is 2. The second-order valence-electron chi connectivity index (χ2n) is 4.85.